The molecule has 0 atom stereocenters. The van der Waals surface area contributed by atoms with Crippen molar-refractivity contribution >= 4 is 11.6 Å². The molecule has 0 bridgehead atoms. The molecule has 5 nitrogen and oxygen atoms in total. The molecule has 0 saturated carbocycles. The first-order chi connectivity index (χ1) is 7.17. The van der Waals surface area contributed by atoms with Crippen LogP contribution in [0, 0.1) is 0 Å². The Morgan fingerprint density at radius 3 is 2.80 bits per heavy atom. The average Bonchev–Trinajstić information content (AvgIpc) is 2.21. The van der Waals surface area contributed by atoms with Gasteiger partial charge in [-0.3, -0.25) is 4.79 Å². The van der Waals surface area contributed by atoms with Crippen LogP contribution in [0.1, 0.15) is 12.0 Å². The van der Waals surface area contributed by atoms with Gasteiger partial charge in [-0.15, -0.1) is 0 Å². The Kier molecular flexibility index (Phi) is 4.08. The van der Waals surface area contributed by atoms with Gasteiger partial charge in [0.1, 0.15) is 5.75 Å². The van der Waals surface area contributed by atoms with Crippen LogP contribution in [-0.4, -0.2) is 22.7 Å². The number of benzene rings is 1. The first-order valence-corrected chi connectivity index (χ1v) is 4.60. The maximum Gasteiger partial charge on any atom is 0.225 e. The third-order valence-corrected chi connectivity index (χ3v) is 1.89. The van der Waals surface area contributed by atoms with Gasteiger partial charge in [0, 0.05) is 13.0 Å². The summed E-state index contributed by atoms with van der Waals surface area (Å²) in [6, 6.07) is 4.52. The summed E-state index contributed by atoms with van der Waals surface area (Å²) in [4.78, 5) is 11.2. The summed E-state index contributed by atoms with van der Waals surface area (Å²) >= 11 is 0. The number of phenolic OH excluding ortho intramolecular Hbond substituents is 1. The standard InChI is InChI=1S/C10H14N2O3/c11-4-3-10(15)12-8-5-7(6-13)1-2-9(8)14/h1-2,5,13-14H,3-4,6,11H2,(H,12,15). The van der Waals surface area contributed by atoms with Crippen LogP contribution in [0.15, 0.2) is 18.2 Å². The van der Waals surface area contributed by atoms with E-state index in [1.165, 1.54) is 12.1 Å². The first-order valence-electron chi connectivity index (χ1n) is 4.60. The maximum absolute atomic E-state index is 11.2. The summed E-state index contributed by atoms with van der Waals surface area (Å²) < 4.78 is 0. The molecule has 5 N–H and O–H groups in total. The number of anilines is 1. The molecule has 0 unspecified atom stereocenters. The number of carbonyl (C=O) groups is 1. The summed E-state index contributed by atoms with van der Waals surface area (Å²) in [6.07, 6.45) is 0.197. The number of nitrogens with two attached hydrogens (primary N) is 1. The summed E-state index contributed by atoms with van der Waals surface area (Å²) in [7, 11) is 0. The van der Waals surface area contributed by atoms with Crippen LogP contribution < -0.4 is 11.1 Å². The second-order valence-corrected chi connectivity index (χ2v) is 3.10. The van der Waals surface area contributed by atoms with Gasteiger partial charge in [-0.25, -0.2) is 0 Å². The molecule has 1 aromatic rings. The molecule has 0 fully saturated rings. The molecular formula is C10H14N2O3. The molecule has 0 spiro atoms. The second kappa shape index (κ2) is 5.33. The number of aromatic hydroxyl groups is 1. The Bertz CT molecular complexity index is 353. The molecule has 5 heteroatoms. The van der Waals surface area contributed by atoms with E-state index in [9.17, 15) is 9.90 Å². The fourth-order valence-corrected chi connectivity index (χ4v) is 1.13. The number of carbonyl (C=O) groups excluding carboxylic acids is 1. The first kappa shape index (κ1) is 11.5. The van der Waals surface area contributed by atoms with Crippen molar-refractivity contribution in [3.8, 4) is 5.75 Å². The molecule has 0 aliphatic rings. The largest absolute Gasteiger partial charge is 0.506 e. The van der Waals surface area contributed by atoms with Gasteiger partial charge >= 0.3 is 0 Å². The zero-order valence-corrected chi connectivity index (χ0v) is 8.23. The Morgan fingerprint density at radius 2 is 2.20 bits per heavy atom. The van der Waals surface area contributed by atoms with E-state index in [1.54, 1.807) is 6.07 Å². The summed E-state index contributed by atoms with van der Waals surface area (Å²) in [5, 5.41) is 20.8. The SMILES string of the molecule is NCCC(=O)Nc1cc(CO)ccc1O. The third-order valence-electron chi connectivity index (χ3n) is 1.89. The van der Waals surface area contributed by atoms with Crippen molar-refractivity contribution in [1.82, 2.24) is 0 Å². The molecule has 0 saturated heterocycles. The molecule has 0 aliphatic carbocycles. The number of amides is 1. The smallest absolute Gasteiger partial charge is 0.225 e. The highest BCUT2D eigenvalue weighted by atomic mass is 16.3. The van der Waals surface area contributed by atoms with Crippen LogP contribution in [0.5, 0.6) is 5.75 Å². The van der Waals surface area contributed by atoms with Gasteiger partial charge < -0.3 is 21.3 Å². The van der Waals surface area contributed by atoms with Crippen LogP contribution >= 0.6 is 0 Å². The molecule has 0 aliphatic heterocycles. The van der Waals surface area contributed by atoms with Gasteiger partial charge in [-0.2, -0.15) is 0 Å². The molecule has 15 heavy (non-hydrogen) atoms. The van der Waals surface area contributed by atoms with Crippen molar-refractivity contribution in [1.29, 1.82) is 0 Å². The monoisotopic (exact) mass is 210 g/mol. The van der Waals surface area contributed by atoms with Crippen LogP contribution in [0.4, 0.5) is 5.69 Å². The molecule has 0 heterocycles. The lowest BCUT2D eigenvalue weighted by molar-refractivity contribution is -0.116. The Balaban J connectivity index is 2.79. The predicted octanol–water partition coefficient (Wildman–Crippen LogP) is 0.172. The van der Waals surface area contributed by atoms with Crippen molar-refractivity contribution in [2.75, 3.05) is 11.9 Å². The van der Waals surface area contributed by atoms with E-state index in [1.807, 2.05) is 0 Å². The number of nitrogens with one attached hydrogen (secondary N) is 1. The van der Waals surface area contributed by atoms with Crippen molar-refractivity contribution < 1.29 is 15.0 Å². The highest BCUT2D eigenvalue weighted by molar-refractivity contribution is 5.92. The van der Waals surface area contributed by atoms with Crippen LogP contribution in [-0.2, 0) is 11.4 Å². The van der Waals surface area contributed by atoms with Gasteiger partial charge in [-0.1, -0.05) is 6.07 Å². The Labute approximate surface area is 87.5 Å². The average molecular weight is 210 g/mol. The van der Waals surface area contributed by atoms with E-state index in [-0.39, 0.29) is 31.2 Å². The van der Waals surface area contributed by atoms with E-state index >= 15 is 0 Å². The number of rotatable bonds is 4. The predicted molar refractivity (Wildman–Crippen MR) is 56.3 cm³/mol. The molecule has 1 aromatic carbocycles. The van der Waals surface area contributed by atoms with E-state index in [2.05, 4.69) is 5.32 Å². The van der Waals surface area contributed by atoms with Gasteiger partial charge in [0.05, 0.1) is 12.3 Å². The number of hydrogen-bond acceptors (Lipinski definition) is 4. The lowest BCUT2D eigenvalue weighted by Gasteiger charge is -2.07. The topological polar surface area (TPSA) is 95.6 Å². The zero-order valence-electron chi connectivity index (χ0n) is 8.23. The summed E-state index contributed by atoms with van der Waals surface area (Å²) in [6.45, 7) is 0.117. The van der Waals surface area contributed by atoms with Crippen molar-refractivity contribution in [2.45, 2.75) is 13.0 Å². The lowest BCUT2D eigenvalue weighted by atomic mass is 10.2. The maximum atomic E-state index is 11.2. The molecule has 0 aromatic heterocycles. The van der Waals surface area contributed by atoms with Gasteiger partial charge in [0.15, 0.2) is 0 Å². The quantitative estimate of drug-likeness (QED) is 0.533. The number of aliphatic hydroxyl groups is 1. The van der Waals surface area contributed by atoms with Crippen LogP contribution in [0.25, 0.3) is 0 Å². The van der Waals surface area contributed by atoms with E-state index < -0.39 is 0 Å². The molecular weight excluding hydrogens is 196 g/mol. The van der Waals surface area contributed by atoms with E-state index in [0.717, 1.165) is 0 Å². The van der Waals surface area contributed by atoms with E-state index in [4.69, 9.17) is 10.8 Å². The molecule has 1 rings (SSSR count). The van der Waals surface area contributed by atoms with Crippen molar-refractivity contribution in [2.24, 2.45) is 5.73 Å². The highest BCUT2D eigenvalue weighted by Crippen LogP contribution is 2.24. The molecule has 1 amide bonds. The second-order valence-electron chi connectivity index (χ2n) is 3.10. The fourth-order valence-electron chi connectivity index (χ4n) is 1.13. The minimum atomic E-state index is -0.261. The lowest BCUT2D eigenvalue weighted by Crippen LogP contribution is -2.16. The number of aliphatic hydroxyl groups excluding tert-OH is 1. The minimum Gasteiger partial charge on any atom is -0.506 e. The van der Waals surface area contributed by atoms with Gasteiger partial charge in [0.2, 0.25) is 5.91 Å². The minimum absolute atomic E-state index is 0.0300. The fraction of sp³-hybridized carbons (Fsp3) is 0.300. The van der Waals surface area contributed by atoms with Gasteiger partial charge in [0.25, 0.3) is 0 Å². The zero-order chi connectivity index (χ0) is 11.3. The van der Waals surface area contributed by atoms with Crippen LogP contribution in [0.2, 0.25) is 0 Å². The third kappa shape index (κ3) is 3.23. The highest BCUT2D eigenvalue weighted by Gasteiger charge is 2.06. The Hall–Kier alpha value is -1.59. The van der Waals surface area contributed by atoms with E-state index in [0.29, 0.717) is 11.3 Å². The molecule has 82 valence electrons. The summed E-state index contributed by atoms with van der Waals surface area (Å²) in [5.41, 5.74) is 6.13. The number of hydrogen-bond donors (Lipinski definition) is 4. The van der Waals surface area contributed by atoms with Gasteiger partial charge in [-0.05, 0) is 17.7 Å². The number of phenols is 1. The Morgan fingerprint density at radius 1 is 1.47 bits per heavy atom. The van der Waals surface area contributed by atoms with Crippen molar-refractivity contribution in [3.05, 3.63) is 23.8 Å². The van der Waals surface area contributed by atoms with Crippen molar-refractivity contribution in [3.63, 3.8) is 0 Å². The van der Waals surface area contributed by atoms with Crippen LogP contribution in [0.3, 0.4) is 0 Å². The summed E-state index contributed by atoms with van der Waals surface area (Å²) in [5.74, 6) is -0.291. The normalized spacial score (nSPS) is 10.0. The molecule has 0 radical (unpaired) electrons.